The SMILES string of the molecule is CC1(C)CC(N2C(=O)C3CCCCC3C2=O)CC(C)(CN2C(=O)C3CCCCC3C2=O)C1. The molecule has 0 spiro atoms. The lowest BCUT2D eigenvalue weighted by Crippen LogP contribution is -2.53. The Kier molecular flexibility index (Phi) is 5.29. The molecule has 5 aliphatic rings. The number of likely N-dealkylation sites (tertiary alicyclic amines) is 2. The highest BCUT2D eigenvalue weighted by atomic mass is 16.2. The van der Waals surface area contributed by atoms with Crippen LogP contribution in [0.2, 0.25) is 0 Å². The fraction of sp³-hybridized carbons (Fsp3) is 0.846. The molecule has 6 unspecified atom stereocenters. The Morgan fingerprint density at radius 1 is 0.688 bits per heavy atom. The van der Waals surface area contributed by atoms with Crippen molar-refractivity contribution in [1.82, 2.24) is 9.80 Å². The van der Waals surface area contributed by atoms with E-state index < -0.39 is 0 Å². The van der Waals surface area contributed by atoms with Crippen LogP contribution < -0.4 is 0 Å². The fourth-order valence-corrected chi connectivity index (χ4v) is 8.20. The highest BCUT2D eigenvalue weighted by Gasteiger charge is 2.55. The van der Waals surface area contributed by atoms with E-state index in [2.05, 4.69) is 20.8 Å². The monoisotopic (exact) mass is 442 g/mol. The van der Waals surface area contributed by atoms with Gasteiger partial charge in [-0.15, -0.1) is 0 Å². The second kappa shape index (κ2) is 7.66. The number of carbonyl (C=O) groups excluding carboxylic acids is 4. The topological polar surface area (TPSA) is 74.8 Å². The van der Waals surface area contributed by atoms with E-state index in [4.69, 9.17) is 0 Å². The molecule has 6 heteroatoms. The summed E-state index contributed by atoms with van der Waals surface area (Å²) < 4.78 is 0. The number of imide groups is 2. The van der Waals surface area contributed by atoms with E-state index in [1.165, 1.54) is 0 Å². The Balaban J connectivity index is 1.38. The van der Waals surface area contributed by atoms with Crippen LogP contribution in [0.3, 0.4) is 0 Å². The van der Waals surface area contributed by atoms with Crippen molar-refractivity contribution in [3.05, 3.63) is 0 Å². The number of amides is 4. The Morgan fingerprint density at radius 2 is 1.12 bits per heavy atom. The molecule has 0 aromatic heterocycles. The zero-order chi connectivity index (χ0) is 22.8. The van der Waals surface area contributed by atoms with E-state index in [-0.39, 0.29) is 64.2 Å². The fourth-order valence-electron chi connectivity index (χ4n) is 8.20. The molecule has 6 atom stereocenters. The van der Waals surface area contributed by atoms with Crippen LogP contribution in [0.1, 0.15) is 91.4 Å². The van der Waals surface area contributed by atoms with E-state index in [1.807, 2.05) is 0 Å². The van der Waals surface area contributed by atoms with Crippen molar-refractivity contribution >= 4 is 23.6 Å². The summed E-state index contributed by atoms with van der Waals surface area (Å²) in [4.78, 5) is 56.0. The molecule has 0 N–H and O–H groups in total. The molecule has 0 aromatic rings. The first kappa shape index (κ1) is 22.1. The molecule has 0 aromatic carbocycles. The second-order valence-electron chi connectivity index (χ2n) is 12.5. The summed E-state index contributed by atoms with van der Waals surface area (Å²) in [7, 11) is 0. The molecule has 176 valence electrons. The minimum absolute atomic E-state index is 0.0141. The van der Waals surface area contributed by atoms with Crippen LogP contribution in [-0.2, 0) is 19.2 Å². The van der Waals surface area contributed by atoms with E-state index in [0.717, 1.165) is 64.2 Å². The standard InChI is InChI=1S/C26H38N2O4/c1-25(2)12-16(28-23(31)19-10-6-7-11-20(19)24(28)32)13-26(3,14-25)15-27-21(29)17-8-4-5-9-18(17)22(27)30/h16-20H,4-15H2,1-3H3. The van der Waals surface area contributed by atoms with E-state index in [1.54, 1.807) is 9.80 Å². The summed E-state index contributed by atoms with van der Waals surface area (Å²) in [5.41, 5.74) is -0.357. The van der Waals surface area contributed by atoms with Crippen molar-refractivity contribution in [2.24, 2.45) is 34.5 Å². The van der Waals surface area contributed by atoms with Crippen LogP contribution >= 0.6 is 0 Å². The van der Waals surface area contributed by atoms with Gasteiger partial charge in [-0.3, -0.25) is 29.0 Å². The highest BCUT2D eigenvalue weighted by Crippen LogP contribution is 2.51. The summed E-state index contributed by atoms with van der Waals surface area (Å²) in [6, 6.07) is -0.135. The van der Waals surface area contributed by atoms with Gasteiger partial charge in [-0.25, -0.2) is 0 Å². The number of nitrogens with zero attached hydrogens (tertiary/aromatic N) is 2. The molecule has 3 aliphatic carbocycles. The molecule has 4 amide bonds. The molecule has 2 aliphatic heterocycles. The summed E-state index contributed by atoms with van der Waals surface area (Å²) in [6.07, 6.45) is 9.80. The third-order valence-electron chi connectivity index (χ3n) is 9.13. The van der Waals surface area contributed by atoms with Crippen LogP contribution in [0.15, 0.2) is 0 Å². The highest BCUT2D eigenvalue weighted by molar-refractivity contribution is 6.06. The summed E-state index contributed by atoms with van der Waals surface area (Å²) >= 11 is 0. The maximum absolute atomic E-state index is 13.3. The van der Waals surface area contributed by atoms with Gasteiger partial charge in [-0.2, -0.15) is 0 Å². The molecule has 0 radical (unpaired) electrons. The van der Waals surface area contributed by atoms with Crippen LogP contribution in [0.5, 0.6) is 0 Å². The van der Waals surface area contributed by atoms with Gasteiger partial charge >= 0.3 is 0 Å². The second-order valence-corrected chi connectivity index (χ2v) is 12.5. The largest absolute Gasteiger partial charge is 0.282 e. The first-order valence-corrected chi connectivity index (χ1v) is 12.8. The third-order valence-corrected chi connectivity index (χ3v) is 9.13. The smallest absolute Gasteiger partial charge is 0.233 e. The maximum Gasteiger partial charge on any atom is 0.233 e. The van der Waals surface area contributed by atoms with Gasteiger partial charge in [0.2, 0.25) is 23.6 Å². The molecule has 5 fully saturated rings. The van der Waals surface area contributed by atoms with Crippen molar-refractivity contribution in [3.63, 3.8) is 0 Å². The lowest BCUT2D eigenvalue weighted by Gasteiger charge is -2.49. The molecule has 32 heavy (non-hydrogen) atoms. The Morgan fingerprint density at radius 3 is 1.59 bits per heavy atom. The zero-order valence-electron chi connectivity index (χ0n) is 19.9. The van der Waals surface area contributed by atoms with Crippen LogP contribution in [0, 0.1) is 34.5 Å². The van der Waals surface area contributed by atoms with Gasteiger partial charge in [0.15, 0.2) is 0 Å². The van der Waals surface area contributed by atoms with Crippen molar-refractivity contribution in [2.75, 3.05) is 6.54 Å². The number of hydrogen-bond donors (Lipinski definition) is 0. The molecule has 2 saturated heterocycles. The average Bonchev–Trinajstić information content (AvgIpc) is 3.13. The van der Waals surface area contributed by atoms with Gasteiger partial charge in [-0.1, -0.05) is 46.5 Å². The number of rotatable bonds is 3. The molecular formula is C26H38N2O4. The van der Waals surface area contributed by atoms with E-state index in [9.17, 15) is 19.2 Å². The number of carbonyl (C=O) groups is 4. The van der Waals surface area contributed by atoms with E-state index in [0.29, 0.717) is 13.0 Å². The summed E-state index contributed by atoms with van der Waals surface area (Å²) in [6.45, 7) is 6.97. The average molecular weight is 443 g/mol. The lowest BCUT2D eigenvalue weighted by atomic mass is 9.62. The first-order valence-electron chi connectivity index (χ1n) is 12.8. The quantitative estimate of drug-likeness (QED) is 0.621. The summed E-state index contributed by atoms with van der Waals surface area (Å²) in [5, 5.41) is 0. The van der Waals surface area contributed by atoms with Gasteiger partial charge in [0.25, 0.3) is 0 Å². The molecule has 3 saturated carbocycles. The molecular weight excluding hydrogens is 404 g/mol. The van der Waals surface area contributed by atoms with Gasteiger partial charge in [0.05, 0.1) is 23.7 Å². The van der Waals surface area contributed by atoms with Crippen molar-refractivity contribution in [1.29, 1.82) is 0 Å². The number of hydrogen-bond acceptors (Lipinski definition) is 4. The maximum atomic E-state index is 13.3. The zero-order valence-corrected chi connectivity index (χ0v) is 19.9. The first-order chi connectivity index (χ1) is 15.1. The van der Waals surface area contributed by atoms with Crippen LogP contribution in [0.4, 0.5) is 0 Å². The minimum Gasteiger partial charge on any atom is -0.282 e. The van der Waals surface area contributed by atoms with Crippen LogP contribution in [0.25, 0.3) is 0 Å². The van der Waals surface area contributed by atoms with Gasteiger partial charge in [-0.05, 0) is 55.8 Å². The van der Waals surface area contributed by atoms with Gasteiger partial charge < -0.3 is 0 Å². The van der Waals surface area contributed by atoms with E-state index >= 15 is 0 Å². The predicted molar refractivity (Wildman–Crippen MR) is 119 cm³/mol. The van der Waals surface area contributed by atoms with Crippen molar-refractivity contribution < 1.29 is 19.2 Å². The molecule has 2 heterocycles. The predicted octanol–water partition coefficient (Wildman–Crippen LogP) is 3.92. The van der Waals surface area contributed by atoms with Gasteiger partial charge in [0.1, 0.15) is 0 Å². The normalized spacial score (nSPS) is 41.8. The lowest BCUT2D eigenvalue weighted by molar-refractivity contribution is -0.149. The Bertz CT molecular complexity index is 803. The Hall–Kier alpha value is -1.72. The third kappa shape index (κ3) is 3.52. The van der Waals surface area contributed by atoms with Gasteiger partial charge in [0, 0.05) is 12.6 Å². The van der Waals surface area contributed by atoms with Crippen molar-refractivity contribution in [3.8, 4) is 0 Å². The Labute approximate surface area is 191 Å². The van der Waals surface area contributed by atoms with Crippen molar-refractivity contribution in [2.45, 2.75) is 97.4 Å². The summed E-state index contributed by atoms with van der Waals surface area (Å²) in [5.74, 6) is -0.419. The van der Waals surface area contributed by atoms with Crippen LogP contribution in [-0.4, -0.2) is 46.0 Å². The number of fused-ring (bicyclic) bond motifs is 2. The molecule has 0 bridgehead atoms. The molecule has 6 nitrogen and oxygen atoms in total. The molecule has 5 rings (SSSR count). The minimum atomic E-state index is -0.292.